The van der Waals surface area contributed by atoms with Crippen LogP contribution in [0, 0.1) is 11.7 Å². The van der Waals surface area contributed by atoms with E-state index in [0.29, 0.717) is 18.4 Å². The van der Waals surface area contributed by atoms with Crippen LogP contribution in [-0.4, -0.2) is 22.3 Å². The van der Waals surface area contributed by atoms with Crippen LogP contribution in [0.2, 0.25) is 0 Å². The quantitative estimate of drug-likeness (QED) is 0.804. The molecule has 0 radical (unpaired) electrons. The molecule has 0 spiro atoms. The molecule has 0 saturated heterocycles. The minimum absolute atomic E-state index is 0.358. The molecule has 3 atom stereocenters. The van der Waals surface area contributed by atoms with Crippen molar-refractivity contribution < 1.29 is 19.4 Å². The monoisotopic (exact) mass is 224 g/mol. The summed E-state index contributed by atoms with van der Waals surface area (Å²) < 4.78 is 12.7. The number of rotatable bonds is 2. The summed E-state index contributed by atoms with van der Waals surface area (Å²) >= 11 is 0. The zero-order chi connectivity index (χ0) is 11.7. The summed E-state index contributed by atoms with van der Waals surface area (Å²) in [6.45, 7) is 0. The third-order valence-corrected chi connectivity index (χ3v) is 3.19. The number of aliphatic hydroxyl groups excluding tert-OH is 1. The molecule has 0 aromatic heterocycles. The average Bonchev–Trinajstić information content (AvgIpc) is 2.62. The molecule has 1 aromatic carbocycles. The first-order chi connectivity index (χ1) is 7.59. The van der Waals surface area contributed by atoms with Gasteiger partial charge in [0.25, 0.3) is 0 Å². The van der Waals surface area contributed by atoms with Gasteiger partial charge in [-0.25, -0.2) is 4.39 Å². The Morgan fingerprint density at radius 3 is 2.44 bits per heavy atom. The van der Waals surface area contributed by atoms with Crippen molar-refractivity contribution in [2.24, 2.45) is 5.92 Å². The summed E-state index contributed by atoms with van der Waals surface area (Å²) in [6.07, 6.45) is 0.309. The molecule has 1 aromatic rings. The Balaban J connectivity index is 2.29. The van der Waals surface area contributed by atoms with E-state index in [2.05, 4.69) is 0 Å². The number of benzene rings is 1. The normalized spacial score (nSPS) is 29.2. The van der Waals surface area contributed by atoms with E-state index in [1.165, 1.54) is 12.1 Å². The predicted molar refractivity (Wildman–Crippen MR) is 55.5 cm³/mol. The first kappa shape index (κ1) is 11.1. The minimum Gasteiger partial charge on any atom is -0.481 e. The van der Waals surface area contributed by atoms with Crippen LogP contribution in [0.25, 0.3) is 0 Å². The zero-order valence-corrected chi connectivity index (χ0v) is 8.64. The average molecular weight is 224 g/mol. The van der Waals surface area contributed by atoms with Gasteiger partial charge in [-0.2, -0.15) is 0 Å². The van der Waals surface area contributed by atoms with Gasteiger partial charge in [-0.3, -0.25) is 4.79 Å². The van der Waals surface area contributed by atoms with Crippen molar-refractivity contribution in [2.75, 3.05) is 0 Å². The number of carboxylic acid groups (broad SMARTS) is 1. The highest BCUT2D eigenvalue weighted by atomic mass is 19.1. The second-order valence-corrected chi connectivity index (χ2v) is 4.17. The van der Waals surface area contributed by atoms with E-state index in [1.807, 2.05) is 0 Å². The first-order valence-electron chi connectivity index (χ1n) is 5.26. The number of hydrogen-bond donors (Lipinski definition) is 2. The smallest absolute Gasteiger partial charge is 0.307 e. The fourth-order valence-corrected chi connectivity index (χ4v) is 2.39. The third kappa shape index (κ3) is 1.93. The van der Waals surface area contributed by atoms with Gasteiger partial charge >= 0.3 is 5.97 Å². The number of carboxylic acids is 1. The van der Waals surface area contributed by atoms with E-state index in [-0.39, 0.29) is 5.82 Å². The van der Waals surface area contributed by atoms with E-state index in [9.17, 15) is 14.3 Å². The molecule has 1 fully saturated rings. The van der Waals surface area contributed by atoms with E-state index in [4.69, 9.17) is 5.11 Å². The van der Waals surface area contributed by atoms with Gasteiger partial charge in [0.05, 0.1) is 12.0 Å². The Bertz CT molecular complexity index is 388. The van der Waals surface area contributed by atoms with Crippen molar-refractivity contribution in [2.45, 2.75) is 24.9 Å². The predicted octanol–water partition coefficient (Wildman–Crippen LogP) is 1.76. The molecule has 1 aliphatic rings. The molecule has 1 aliphatic carbocycles. The molecule has 0 heterocycles. The maximum Gasteiger partial charge on any atom is 0.307 e. The maximum absolute atomic E-state index is 12.7. The van der Waals surface area contributed by atoms with Crippen LogP contribution in [-0.2, 0) is 4.79 Å². The van der Waals surface area contributed by atoms with Gasteiger partial charge in [0.15, 0.2) is 0 Å². The van der Waals surface area contributed by atoms with E-state index >= 15 is 0 Å². The van der Waals surface area contributed by atoms with Crippen molar-refractivity contribution in [1.29, 1.82) is 0 Å². The lowest BCUT2D eigenvalue weighted by atomic mass is 9.88. The molecule has 0 bridgehead atoms. The SMILES string of the molecule is O=C(O)[C@H]1CC[C@H](O)[C@@H]1c1ccc(F)cc1. The van der Waals surface area contributed by atoms with Crippen LogP contribution in [0.15, 0.2) is 24.3 Å². The second kappa shape index (κ2) is 4.22. The van der Waals surface area contributed by atoms with Crippen LogP contribution in [0.4, 0.5) is 4.39 Å². The molecule has 0 aliphatic heterocycles. The van der Waals surface area contributed by atoms with Crippen molar-refractivity contribution in [3.8, 4) is 0 Å². The summed E-state index contributed by atoms with van der Waals surface area (Å²) in [6, 6.07) is 5.67. The standard InChI is InChI=1S/C12H13FO3/c13-8-3-1-7(2-4-8)11-9(12(15)16)5-6-10(11)14/h1-4,9-11,14H,5-6H2,(H,15,16)/t9-,10-,11+/m0/s1. The van der Waals surface area contributed by atoms with Crippen LogP contribution in [0.5, 0.6) is 0 Å². The Labute approximate surface area is 92.5 Å². The summed E-state index contributed by atoms with van der Waals surface area (Å²) in [5, 5.41) is 18.8. The molecular formula is C12H13FO3. The highest BCUT2D eigenvalue weighted by Gasteiger charge is 2.40. The van der Waals surface area contributed by atoms with Gasteiger partial charge in [-0.15, -0.1) is 0 Å². The Morgan fingerprint density at radius 2 is 1.88 bits per heavy atom. The lowest BCUT2D eigenvalue weighted by Crippen LogP contribution is -2.22. The van der Waals surface area contributed by atoms with E-state index < -0.39 is 23.9 Å². The van der Waals surface area contributed by atoms with Crippen LogP contribution >= 0.6 is 0 Å². The van der Waals surface area contributed by atoms with Gasteiger partial charge in [0.2, 0.25) is 0 Å². The van der Waals surface area contributed by atoms with E-state index in [1.54, 1.807) is 12.1 Å². The van der Waals surface area contributed by atoms with Gasteiger partial charge in [0.1, 0.15) is 5.82 Å². The summed E-state index contributed by atoms with van der Waals surface area (Å²) in [4.78, 5) is 11.0. The summed E-state index contributed by atoms with van der Waals surface area (Å²) in [5.74, 6) is -2.24. The van der Waals surface area contributed by atoms with Crippen molar-refractivity contribution in [3.63, 3.8) is 0 Å². The lowest BCUT2D eigenvalue weighted by Gasteiger charge is -2.19. The molecule has 16 heavy (non-hydrogen) atoms. The number of carbonyl (C=O) groups is 1. The maximum atomic E-state index is 12.7. The highest BCUT2D eigenvalue weighted by molar-refractivity contribution is 5.72. The minimum atomic E-state index is -0.897. The molecule has 0 amide bonds. The molecule has 2 rings (SSSR count). The van der Waals surface area contributed by atoms with Gasteiger partial charge < -0.3 is 10.2 Å². The molecule has 0 unspecified atom stereocenters. The molecule has 2 N–H and O–H groups in total. The number of aliphatic carboxylic acids is 1. The second-order valence-electron chi connectivity index (χ2n) is 4.17. The molecular weight excluding hydrogens is 211 g/mol. The molecule has 3 nitrogen and oxygen atoms in total. The van der Waals surface area contributed by atoms with Crippen LogP contribution in [0.1, 0.15) is 24.3 Å². The summed E-state index contributed by atoms with van der Waals surface area (Å²) in [5.41, 5.74) is 0.693. The van der Waals surface area contributed by atoms with Gasteiger partial charge in [0, 0.05) is 5.92 Å². The zero-order valence-electron chi connectivity index (χ0n) is 8.64. The highest BCUT2D eigenvalue weighted by Crippen LogP contribution is 2.39. The Kier molecular flexibility index (Phi) is 2.92. The fraction of sp³-hybridized carbons (Fsp3) is 0.417. The molecule has 86 valence electrons. The Morgan fingerprint density at radius 1 is 1.25 bits per heavy atom. The van der Waals surface area contributed by atoms with Gasteiger partial charge in [-0.1, -0.05) is 12.1 Å². The van der Waals surface area contributed by atoms with Crippen molar-refractivity contribution >= 4 is 5.97 Å². The van der Waals surface area contributed by atoms with Crippen LogP contribution < -0.4 is 0 Å². The van der Waals surface area contributed by atoms with Gasteiger partial charge in [-0.05, 0) is 30.5 Å². The van der Waals surface area contributed by atoms with Crippen molar-refractivity contribution in [1.82, 2.24) is 0 Å². The lowest BCUT2D eigenvalue weighted by molar-refractivity contribution is -0.142. The topological polar surface area (TPSA) is 57.5 Å². The van der Waals surface area contributed by atoms with Crippen LogP contribution in [0.3, 0.4) is 0 Å². The molecule has 1 saturated carbocycles. The number of hydrogen-bond acceptors (Lipinski definition) is 2. The third-order valence-electron chi connectivity index (χ3n) is 3.19. The number of halogens is 1. The largest absolute Gasteiger partial charge is 0.481 e. The molecule has 4 heteroatoms. The van der Waals surface area contributed by atoms with Crippen molar-refractivity contribution in [3.05, 3.63) is 35.6 Å². The Hall–Kier alpha value is -1.42. The summed E-state index contributed by atoms with van der Waals surface area (Å²) in [7, 11) is 0. The fourth-order valence-electron chi connectivity index (χ4n) is 2.39. The first-order valence-corrected chi connectivity index (χ1v) is 5.26. The number of aliphatic hydroxyl groups is 1. The van der Waals surface area contributed by atoms with E-state index in [0.717, 1.165) is 0 Å².